The third-order valence-corrected chi connectivity index (χ3v) is 1.97. The van der Waals surface area contributed by atoms with Crippen LogP contribution in [0, 0.1) is 0 Å². The average Bonchev–Trinajstić information content (AvgIpc) is 2.51. The summed E-state index contributed by atoms with van der Waals surface area (Å²) in [6.07, 6.45) is 5.98. The van der Waals surface area contributed by atoms with Gasteiger partial charge in [0.1, 0.15) is 5.75 Å². The van der Waals surface area contributed by atoms with Crippen molar-refractivity contribution >= 4 is 5.97 Å². The normalized spacial score (nSPS) is 9.38. The summed E-state index contributed by atoms with van der Waals surface area (Å²) in [5, 5.41) is 16.7. The second-order valence-corrected chi connectivity index (χ2v) is 3.71. The van der Waals surface area contributed by atoms with Crippen LogP contribution in [0.1, 0.15) is 6.92 Å². The minimum absolute atomic E-state index is 0.322. The van der Waals surface area contributed by atoms with Gasteiger partial charge in [0.2, 0.25) is 0 Å². The summed E-state index contributed by atoms with van der Waals surface area (Å²) in [4.78, 5) is 9.75. The predicted molar refractivity (Wildman–Crippen MR) is 86.1 cm³/mol. The van der Waals surface area contributed by atoms with Gasteiger partial charge in [-0.2, -0.15) is 0 Å². The Morgan fingerprint density at radius 3 is 1.57 bits per heavy atom. The first-order valence-electron chi connectivity index (χ1n) is 6.43. The van der Waals surface area contributed by atoms with Crippen LogP contribution in [-0.4, -0.2) is 16.2 Å². The van der Waals surface area contributed by atoms with Gasteiger partial charge >= 0.3 is 5.97 Å². The molecule has 3 nitrogen and oxygen atoms in total. The van der Waals surface area contributed by atoms with Crippen LogP contribution in [-0.2, 0) is 4.79 Å². The standard InChI is InChI=1S/C6H8O2.C6H6O.C6H6/c1-2-3-4-5-6(7)8;7-6-4-2-1-3-5-6;1-2-4-6-5-3-1/h2-5H,1H3,(H,7,8);1-5,7H;1-6H/b3-2+,5-4+;;. The number of phenolic OH excluding ortho intramolecular Hbond substituents is 1. The molecule has 0 fully saturated rings. The first-order chi connectivity index (χ1) is 10.2. The van der Waals surface area contributed by atoms with Crippen LogP contribution in [0.2, 0.25) is 0 Å². The fourth-order valence-corrected chi connectivity index (χ4v) is 1.06. The van der Waals surface area contributed by atoms with Gasteiger partial charge in [-0.25, -0.2) is 4.79 Å². The molecule has 0 unspecified atom stereocenters. The third-order valence-electron chi connectivity index (χ3n) is 1.97. The van der Waals surface area contributed by atoms with E-state index in [9.17, 15) is 4.79 Å². The highest BCUT2D eigenvalue weighted by molar-refractivity contribution is 5.80. The van der Waals surface area contributed by atoms with Crippen LogP contribution in [0.4, 0.5) is 0 Å². The quantitative estimate of drug-likeness (QED) is 0.639. The number of carbonyl (C=O) groups is 1. The van der Waals surface area contributed by atoms with E-state index in [2.05, 4.69) is 0 Å². The molecule has 0 aliphatic rings. The summed E-state index contributed by atoms with van der Waals surface area (Å²) < 4.78 is 0. The van der Waals surface area contributed by atoms with Crippen LogP contribution in [0.3, 0.4) is 0 Å². The van der Waals surface area contributed by atoms with Gasteiger partial charge in [0.15, 0.2) is 0 Å². The van der Waals surface area contributed by atoms with Gasteiger partial charge < -0.3 is 10.2 Å². The Labute approximate surface area is 125 Å². The molecule has 2 N–H and O–H groups in total. The summed E-state index contributed by atoms with van der Waals surface area (Å²) in [7, 11) is 0. The number of hydrogen-bond acceptors (Lipinski definition) is 2. The van der Waals surface area contributed by atoms with Crippen molar-refractivity contribution in [2.24, 2.45) is 0 Å². The van der Waals surface area contributed by atoms with Gasteiger partial charge in [-0.05, 0) is 19.1 Å². The summed E-state index contributed by atoms with van der Waals surface area (Å²) >= 11 is 0. The molecular weight excluding hydrogens is 264 g/mol. The Morgan fingerprint density at radius 1 is 0.857 bits per heavy atom. The molecule has 0 aromatic heterocycles. The molecule has 0 radical (unpaired) electrons. The average molecular weight is 284 g/mol. The predicted octanol–water partition coefficient (Wildman–Crippen LogP) is 4.28. The number of aromatic hydroxyl groups is 1. The zero-order chi connectivity index (χ0) is 15.8. The number of hydrogen-bond donors (Lipinski definition) is 2. The zero-order valence-corrected chi connectivity index (χ0v) is 12.0. The van der Waals surface area contributed by atoms with Crippen LogP contribution in [0.15, 0.2) is 91.0 Å². The maximum Gasteiger partial charge on any atom is 0.328 e. The number of allylic oxidation sites excluding steroid dienone is 3. The van der Waals surface area contributed by atoms with E-state index in [0.717, 1.165) is 6.08 Å². The highest BCUT2D eigenvalue weighted by Crippen LogP contribution is 2.02. The summed E-state index contributed by atoms with van der Waals surface area (Å²) in [6, 6.07) is 20.7. The molecule has 110 valence electrons. The van der Waals surface area contributed by atoms with E-state index in [1.807, 2.05) is 49.4 Å². The monoisotopic (exact) mass is 284 g/mol. The molecule has 2 aromatic rings. The lowest BCUT2D eigenvalue weighted by atomic mass is 10.3. The SMILES string of the molecule is C/C=C/C=C/C(=O)O.Oc1ccccc1.c1ccccc1. The summed E-state index contributed by atoms with van der Waals surface area (Å²) in [5.74, 6) is -0.592. The molecule has 0 saturated carbocycles. The highest BCUT2D eigenvalue weighted by Gasteiger charge is 1.78. The van der Waals surface area contributed by atoms with Gasteiger partial charge in [-0.15, -0.1) is 0 Å². The molecular formula is C18H20O3. The maximum absolute atomic E-state index is 9.75. The Morgan fingerprint density at radius 2 is 1.29 bits per heavy atom. The third kappa shape index (κ3) is 15.1. The Kier molecular flexibility index (Phi) is 11.8. The number of phenols is 1. The van der Waals surface area contributed by atoms with Gasteiger partial charge in [0.25, 0.3) is 0 Å². The molecule has 21 heavy (non-hydrogen) atoms. The topological polar surface area (TPSA) is 57.5 Å². The van der Waals surface area contributed by atoms with E-state index in [0.29, 0.717) is 5.75 Å². The van der Waals surface area contributed by atoms with Gasteiger partial charge in [-0.3, -0.25) is 0 Å². The molecule has 0 amide bonds. The number of para-hydroxylation sites is 1. The van der Waals surface area contributed by atoms with Crippen molar-refractivity contribution in [2.75, 3.05) is 0 Å². The van der Waals surface area contributed by atoms with Crippen LogP contribution >= 0.6 is 0 Å². The number of benzene rings is 2. The lowest BCUT2D eigenvalue weighted by Gasteiger charge is -1.82. The van der Waals surface area contributed by atoms with E-state index < -0.39 is 5.97 Å². The summed E-state index contributed by atoms with van der Waals surface area (Å²) in [6.45, 7) is 1.83. The number of carboxylic acid groups (broad SMARTS) is 1. The molecule has 0 heterocycles. The van der Waals surface area contributed by atoms with Crippen LogP contribution in [0.25, 0.3) is 0 Å². The Hall–Kier alpha value is -2.81. The van der Waals surface area contributed by atoms with Crippen molar-refractivity contribution in [1.82, 2.24) is 0 Å². The van der Waals surface area contributed by atoms with Crippen molar-refractivity contribution in [3.63, 3.8) is 0 Å². The lowest BCUT2D eigenvalue weighted by Crippen LogP contribution is -1.83. The van der Waals surface area contributed by atoms with E-state index in [-0.39, 0.29) is 0 Å². The number of aliphatic carboxylic acids is 1. The first-order valence-corrected chi connectivity index (χ1v) is 6.43. The van der Waals surface area contributed by atoms with Gasteiger partial charge in [-0.1, -0.05) is 72.8 Å². The minimum atomic E-state index is -0.914. The lowest BCUT2D eigenvalue weighted by molar-refractivity contribution is -0.131. The van der Waals surface area contributed by atoms with E-state index in [4.69, 9.17) is 10.2 Å². The molecule has 0 bridgehead atoms. The second-order valence-electron chi connectivity index (χ2n) is 3.71. The Bertz CT molecular complexity index is 490. The Balaban J connectivity index is 0.000000288. The first kappa shape index (κ1) is 18.2. The highest BCUT2D eigenvalue weighted by atomic mass is 16.4. The van der Waals surface area contributed by atoms with Crippen molar-refractivity contribution in [2.45, 2.75) is 6.92 Å². The molecule has 0 spiro atoms. The van der Waals surface area contributed by atoms with Crippen LogP contribution in [0.5, 0.6) is 5.75 Å². The van der Waals surface area contributed by atoms with E-state index in [1.165, 1.54) is 6.08 Å². The molecule has 2 rings (SSSR count). The molecule has 2 aromatic carbocycles. The molecule has 0 saturated heterocycles. The number of carboxylic acids is 1. The maximum atomic E-state index is 9.75. The molecule has 3 heteroatoms. The van der Waals surface area contributed by atoms with E-state index >= 15 is 0 Å². The van der Waals surface area contributed by atoms with Crippen molar-refractivity contribution in [3.8, 4) is 5.75 Å². The van der Waals surface area contributed by atoms with Gasteiger partial charge in [0, 0.05) is 6.08 Å². The summed E-state index contributed by atoms with van der Waals surface area (Å²) in [5.41, 5.74) is 0. The van der Waals surface area contributed by atoms with Crippen molar-refractivity contribution in [1.29, 1.82) is 0 Å². The zero-order valence-electron chi connectivity index (χ0n) is 12.0. The van der Waals surface area contributed by atoms with Crippen molar-refractivity contribution < 1.29 is 15.0 Å². The van der Waals surface area contributed by atoms with Crippen molar-refractivity contribution in [3.05, 3.63) is 91.0 Å². The van der Waals surface area contributed by atoms with Gasteiger partial charge in [0.05, 0.1) is 0 Å². The second kappa shape index (κ2) is 13.6. The smallest absolute Gasteiger partial charge is 0.328 e. The largest absolute Gasteiger partial charge is 0.508 e. The fourth-order valence-electron chi connectivity index (χ4n) is 1.06. The molecule has 0 aliphatic carbocycles. The number of rotatable bonds is 2. The van der Waals surface area contributed by atoms with E-state index in [1.54, 1.807) is 36.4 Å². The fraction of sp³-hybridized carbons (Fsp3) is 0.0556. The van der Waals surface area contributed by atoms with Crippen LogP contribution < -0.4 is 0 Å². The minimum Gasteiger partial charge on any atom is -0.508 e. The molecule has 0 aliphatic heterocycles. The molecule has 0 atom stereocenters.